The molecule has 0 heterocycles. The fourth-order valence-electron chi connectivity index (χ4n) is 2.77. The van der Waals surface area contributed by atoms with E-state index in [1.165, 1.54) is 6.42 Å². The lowest BCUT2D eigenvalue weighted by Gasteiger charge is -2.40. The lowest BCUT2D eigenvalue weighted by atomic mass is 9.66. The Morgan fingerprint density at radius 1 is 1.50 bits per heavy atom. The molecule has 1 amide bonds. The number of nitrogens with two attached hydrogens (primary N) is 1. The highest BCUT2D eigenvalue weighted by atomic mass is 16.3. The van der Waals surface area contributed by atoms with Gasteiger partial charge in [0.1, 0.15) is 0 Å². The number of aliphatic hydroxyl groups is 1. The fraction of sp³-hybridized carbons (Fsp3) is 0.929. The Bertz CT molecular complexity index is 278. The molecule has 0 saturated heterocycles. The molecule has 0 radical (unpaired) electrons. The van der Waals surface area contributed by atoms with Gasteiger partial charge in [0.15, 0.2) is 0 Å². The van der Waals surface area contributed by atoms with Crippen LogP contribution in [0.2, 0.25) is 0 Å². The number of hydrogen-bond donors (Lipinski definition) is 3. The molecular weight excluding hydrogens is 228 g/mol. The minimum atomic E-state index is -0.820. The van der Waals surface area contributed by atoms with Crippen molar-refractivity contribution in [3.8, 4) is 0 Å². The number of carbonyl (C=O) groups is 1. The van der Waals surface area contributed by atoms with E-state index in [9.17, 15) is 9.90 Å². The zero-order valence-corrected chi connectivity index (χ0v) is 12.0. The summed E-state index contributed by atoms with van der Waals surface area (Å²) < 4.78 is 0. The topological polar surface area (TPSA) is 75.3 Å². The molecule has 1 fully saturated rings. The Hall–Kier alpha value is -0.610. The van der Waals surface area contributed by atoms with Crippen molar-refractivity contribution >= 4 is 5.91 Å². The molecule has 1 aliphatic carbocycles. The molecule has 0 aromatic carbocycles. The van der Waals surface area contributed by atoms with E-state index < -0.39 is 5.60 Å². The molecule has 1 unspecified atom stereocenters. The Morgan fingerprint density at radius 2 is 2.11 bits per heavy atom. The molecule has 1 saturated carbocycles. The monoisotopic (exact) mass is 256 g/mol. The Balaban J connectivity index is 2.32. The highest BCUT2D eigenvalue weighted by molar-refractivity contribution is 5.76. The van der Waals surface area contributed by atoms with Gasteiger partial charge in [0.05, 0.1) is 5.60 Å². The molecule has 0 aliphatic heterocycles. The summed E-state index contributed by atoms with van der Waals surface area (Å²) in [5, 5.41) is 13.0. The van der Waals surface area contributed by atoms with Crippen molar-refractivity contribution in [2.75, 3.05) is 13.1 Å². The first-order chi connectivity index (χ1) is 8.29. The van der Waals surface area contributed by atoms with Crippen molar-refractivity contribution in [1.82, 2.24) is 5.32 Å². The number of nitrogens with one attached hydrogen (secondary N) is 1. The summed E-state index contributed by atoms with van der Waals surface area (Å²) in [6.45, 7) is 6.81. The van der Waals surface area contributed by atoms with Crippen molar-refractivity contribution in [2.24, 2.45) is 17.1 Å². The van der Waals surface area contributed by atoms with Gasteiger partial charge in [0, 0.05) is 13.0 Å². The maximum atomic E-state index is 11.9. The summed E-state index contributed by atoms with van der Waals surface area (Å²) in [6, 6.07) is 0. The summed E-state index contributed by atoms with van der Waals surface area (Å²) in [7, 11) is 0. The fourth-order valence-corrected chi connectivity index (χ4v) is 2.77. The molecule has 0 aromatic heterocycles. The third-order valence-electron chi connectivity index (χ3n) is 3.90. The van der Waals surface area contributed by atoms with Crippen molar-refractivity contribution in [3.63, 3.8) is 0 Å². The third-order valence-corrected chi connectivity index (χ3v) is 3.90. The normalized spacial score (nSPS) is 21.2. The first-order valence-electron chi connectivity index (χ1n) is 6.98. The zero-order valence-electron chi connectivity index (χ0n) is 12.0. The minimum absolute atomic E-state index is 0.0178. The van der Waals surface area contributed by atoms with Gasteiger partial charge in [0.25, 0.3) is 0 Å². The summed E-state index contributed by atoms with van der Waals surface area (Å²) in [5.41, 5.74) is 4.95. The van der Waals surface area contributed by atoms with Crippen LogP contribution in [-0.4, -0.2) is 29.7 Å². The molecule has 106 valence electrons. The number of hydrogen-bond acceptors (Lipinski definition) is 3. The molecule has 4 N–H and O–H groups in total. The molecule has 0 bridgehead atoms. The molecule has 4 heteroatoms. The van der Waals surface area contributed by atoms with E-state index in [1.807, 2.05) is 0 Å². The maximum Gasteiger partial charge on any atom is 0.220 e. The van der Waals surface area contributed by atoms with E-state index >= 15 is 0 Å². The van der Waals surface area contributed by atoms with Crippen LogP contribution < -0.4 is 11.1 Å². The SMILES string of the molecule is CC(C)CC(C)(O)CNC(=O)CC1(CN)CCC1. The summed E-state index contributed by atoms with van der Waals surface area (Å²) in [4.78, 5) is 11.9. The maximum absolute atomic E-state index is 11.9. The van der Waals surface area contributed by atoms with Gasteiger partial charge in [-0.25, -0.2) is 0 Å². The van der Waals surface area contributed by atoms with Crippen molar-refractivity contribution in [2.45, 2.75) is 58.5 Å². The van der Waals surface area contributed by atoms with E-state index in [1.54, 1.807) is 6.92 Å². The Labute approximate surface area is 110 Å². The summed E-state index contributed by atoms with van der Waals surface area (Å²) >= 11 is 0. The highest BCUT2D eigenvalue weighted by Crippen LogP contribution is 2.42. The van der Waals surface area contributed by atoms with Crippen molar-refractivity contribution < 1.29 is 9.90 Å². The van der Waals surface area contributed by atoms with Crippen molar-refractivity contribution in [1.29, 1.82) is 0 Å². The predicted molar refractivity (Wildman–Crippen MR) is 73.0 cm³/mol. The second-order valence-corrected chi connectivity index (χ2v) is 6.61. The van der Waals surface area contributed by atoms with Gasteiger partial charge in [-0.2, -0.15) is 0 Å². The number of amides is 1. The summed E-state index contributed by atoms with van der Waals surface area (Å²) in [5.74, 6) is 0.433. The van der Waals surface area contributed by atoms with Crippen molar-refractivity contribution in [3.05, 3.63) is 0 Å². The predicted octanol–water partition coefficient (Wildman–Crippen LogP) is 1.42. The number of carbonyl (C=O) groups excluding carboxylic acids is 1. The molecule has 4 nitrogen and oxygen atoms in total. The average Bonchev–Trinajstić information content (AvgIpc) is 2.19. The lowest BCUT2D eigenvalue weighted by Crippen LogP contribution is -2.46. The van der Waals surface area contributed by atoms with Gasteiger partial charge in [0.2, 0.25) is 5.91 Å². The molecule has 0 aromatic rings. The van der Waals surface area contributed by atoms with Crippen LogP contribution in [-0.2, 0) is 4.79 Å². The number of rotatable bonds is 7. The van der Waals surface area contributed by atoms with Crippen LogP contribution in [0, 0.1) is 11.3 Å². The van der Waals surface area contributed by atoms with Gasteiger partial charge >= 0.3 is 0 Å². The molecule has 0 spiro atoms. The molecule has 1 atom stereocenters. The summed E-state index contributed by atoms with van der Waals surface area (Å²) in [6.07, 6.45) is 4.48. The lowest BCUT2D eigenvalue weighted by molar-refractivity contribution is -0.126. The highest BCUT2D eigenvalue weighted by Gasteiger charge is 2.37. The Morgan fingerprint density at radius 3 is 2.50 bits per heavy atom. The second kappa shape index (κ2) is 6.02. The van der Waals surface area contributed by atoms with Gasteiger partial charge in [-0.1, -0.05) is 20.3 Å². The van der Waals surface area contributed by atoms with Gasteiger partial charge < -0.3 is 16.2 Å². The van der Waals surface area contributed by atoms with Crippen LogP contribution in [0.5, 0.6) is 0 Å². The van der Waals surface area contributed by atoms with Gasteiger partial charge in [-0.3, -0.25) is 4.79 Å². The largest absolute Gasteiger partial charge is 0.388 e. The third kappa shape index (κ3) is 4.58. The van der Waals surface area contributed by atoms with Crippen LogP contribution in [0.3, 0.4) is 0 Å². The average molecular weight is 256 g/mol. The second-order valence-electron chi connectivity index (χ2n) is 6.61. The van der Waals surface area contributed by atoms with E-state index in [0.29, 0.717) is 31.8 Å². The first kappa shape index (κ1) is 15.4. The van der Waals surface area contributed by atoms with Crippen LogP contribution in [0.4, 0.5) is 0 Å². The van der Waals surface area contributed by atoms with Gasteiger partial charge in [-0.15, -0.1) is 0 Å². The van der Waals surface area contributed by atoms with Crippen LogP contribution >= 0.6 is 0 Å². The van der Waals surface area contributed by atoms with Crippen LogP contribution in [0.15, 0.2) is 0 Å². The standard InChI is InChI=1S/C14H28N2O2/c1-11(2)7-13(3,18)10-16-12(17)8-14(9-15)5-4-6-14/h11,18H,4-10,15H2,1-3H3,(H,16,17). The van der Waals surface area contributed by atoms with E-state index in [-0.39, 0.29) is 11.3 Å². The molecule has 18 heavy (non-hydrogen) atoms. The van der Waals surface area contributed by atoms with E-state index in [2.05, 4.69) is 19.2 Å². The smallest absolute Gasteiger partial charge is 0.220 e. The van der Waals surface area contributed by atoms with Crippen LogP contribution in [0.25, 0.3) is 0 Å². The Kier molecular flexibility index (Phi) is 5.17. The quantitative estimate of drug-likeness (QED) is 0.645. The van der Waals surface area contributed by atoms with Crippen LogP contribution in [0.1, 0.15) is 52.9 Å². The zero-order chi connectivity index (χ0) is 13.8. The molecule has 1 aliphatic rings. The van der Waals surface area contributed by atoms with E-state index in [4.69, 9.17) is 5.73 Å². The minimum Gasteiger partial charge on any atom is -0.388 e. The van der Waals surface area contributed by atoms with Gasteiger partial charge in [-0.05, 0) is 44.1 Å². The first-order valence-corrected chi connectivity index (χ1v) is 6.98. The molecular formula is C14H28N2O2. The van der Waals surface area contributed by atoms with E-state index in [0.717, 1.165) is 12.8 Å². The molecule has 1 rings (SSSR count).